The molecule has 0 radical (unpaired) electrons. The van der Waals surface area contributed by atoms with Crippen LogP contribution < -0.4 is 0 Å². The Balaban J connectivity index is 2.19. The van der Waals surface area contributed by atoms with Crippen molar-refractivity contribution in [3.63, 3.8) is 0 Å². The lowest BCUT2D eigenvalue weighted by atomic mass is 9.93. The fourth-order valence-corrected chi connectivity index (χ4v) is 4.40. The van der Waals surface area contributed by atoms with Crippen LogP contribution in [0.15, 0.2) is 22.8 Å². The van der Waals surface area contributed by atoms with Gasteiger partial charge in [0.15, 0.2) is 0 Å². The summed E-state index contributed by atoms with van der Waals surface area (Å²) in [4.78, 5) is 1.89. The molecule has 114 valence electrons. The van der Waals surface area contributed by atoms with Crippen LogP contribution in [0.5, 0.6) is 0 Å². The second-order valence-electron chi connectivity index (χ2n) is 5.89. The van der Waals surface area contributed by atoms with E-state index in [2.05, 4.69) is 6.92 Å². The molecule has 0 saturated carbocycles. The van der Waals surface area contributed by atoms with E-state index in [-0.39, 0.29) is 11.8 Å². The SMILES string of the molecule is C[C@@H]1CCN(S(=O)(=O)CCN(C)C)[C@@H](c2ccco2)C1. The molecule has 1 saturated heterocycles. The molecular weight excluding hydrogens is 276 g/mol. The van der Waals surface area contributed by atoms with Crippen LogP contribution in [0, 0.1) is 5.92 Å². The van der Waals surface area contributed by atoms with Crippen LogP contribution in [0.25, 0.3) is 0 Å². The summed E-state index contributed by atoms with van der Waals surface area (Å²) < 4.78 is 32.2. The molecule has 0 spiro atoms. The van der Waals surface area contributed by atoms with Gasteiger partial charge in [-0.2, -0.15) is 4.31 Å². The molecular formula is C14H24N2O3S. The highest BCUT2D eigenvalue weighted by Crippen LogP contribution is 2.36. The third kappa shape index (κ3) is 3.62. The zero-order valence-corrected chi connectivity index (χ0v) is 13.3. The summed E-state index contributed by atoms with van der Waals surface area (Å²) in [5.41, 5.74) is 0. The third-order valence-electron chi connectivity index (χ3n) is 3.84. The molecule has 1 fully saturated rings. The van der Waals surface area contributed by atoms with Gasteiger partial charge in [0.25, 0.3) is 0 Å². The van der Waals surface area contributed by atoms with E-state index in [1.54, 1.807) is 10.6 Å². The third-order valence-corrected chi connectivity index (χ3v) is 5.69. The van der Waals surface area contributed by atoms with E-state index in [0.717, 1.165) is 18.6 Å². The Morgan fingerprint density at radius 3 is 2.80 bits per heavy atom. The van der Waals surface area contributed by atoms with E-state index in [4.69, 9.17) is 4.42 Å². The first kappa shape index (κ1) is 15.5. The first-order valence-corrected chi connectivity index (χ1v) is 8.68. The zero-order chi connectivity index (χ0) is 14.8. The number of rotatable bonds is 5. The van der Waals surface area contributed by atoms with Crippen molar-refractivity contribution in [2.75, 3.05) is 32.9 Å². The number of sulfonamides is 1. The van der Waals surface area contributed by atoms with Crippen molar-refractivity contribution >= 4 is 10.0 Å². The van der Waals surface area contributed by atoms with Crippen LogP contribution in [0.2, 0.25) is 0 Å². The second kappa shape index (κ2) is 6.28. The summed E-state index contributed by atoms with van der Waals surface area (Å²) in [5, 5.41) is 0. The lowest BCUT2D eigenvalue weighted by Crippen LogP contribution is -2.43. The Morgan fingerprint density at radius 2 is 2.20 bits per heavy atom. The lowest BCUT2D eigenvalue weighted by Gasteiger charge is -2.36. The van der Waals surface area contributed by atoms with E-state index in [0.29, 0.717) is 19.0 Å². The maximum absolute atomic E-state index is 12.6. The molecule has 0 aliphatic carbocycles. The van der Waals surface area contributed by atoms with Gasteiger partial charge in [-0.1, -0.05) is 6.92 Å². The van der Waals surface area contributed by atoms with Gasteiger partial charge in [-0.3, -0.25) is 0 Å². The Morgan fingerprint density at radius 1 is 1.45 bits per heavy atom. The smallest absolute Gasteiger partial charge is 0.216 e. The van der Waals surface area contributed by atoms with Crippen molar-refractivity contribution in [3.8, 4) is 0 Å². The minimum Gasteiger partial charge on any atom is -0.468 e. The van der Waals surface area contributed by atoms with Crippen molar-refractivity contribution in [1.82, 2.24) is 9.21 Å². The maximum atomic E-state index is 12.6. The van der Waals surface area contributed by atoms with Gasteiger partial charge in [-0.25, -0.2) is 8.42 Å². The summed E-state index contributed by atoms with van der Waals surface area (Å²) in [6, 6.07) is 3.54. The summed E-state index contributed by atoms with van der Waals surface area (Å²) in [6.45, 7) is 3.29. The Hall–Kier alpha value is -0.850. The summed E-state index contributed by atoms with van der Waals surface area (Å²) in [5.74, 6) is 1.43. The van der Waals surface area contributed by atoms with Crippen molar-refractivity contribution in [2.24, 2.45) is 5.92 Å². The largest absolute Gasteiger partial charge is 0.468 e. The van der Waals surface area contributed by atoms with Crippen LogP contribution in [0.4, 0.5) is 0 Å². The van der Waals surface area contributed by atoms with Crippen molar-refractivity contribution in [3.05, 3.63) is 24.2 Å². The molecule has 1 aromatic rings. The molecule has 0 aromatic carbocycles. The maximum Gasteiger partial charge on any atom is 0.216 e. The first-order chi connectivity index (χ1) is 9.40. The molecule has 0 bridgehead atoms. The molecule has 1 aromatic heterocycles. The van der Waals surface area contributed by atoms with Gasteiger partial charge in [0.05, 0.1) is 18.1 Å². The molecule has 2 rings (SSSR count). The minimum absolute atomic E-state index is 0.152. The van der Waals surface area contributed by atoms with Crippen LogP contribution >= 0.6 is 0 Å². The Bertz CT molecular complexity index is 511. The predicted molar refractivity (Wildman–Crippen MR) is 78.9 cm³/mol. The van der Waals surface area contributed by atoms with Gasteiger partial charge < -0.3 is 9.32 Å². The molecule has 0 amide bonds. The molecule has 5 nitrogen and oxygen atoms in total. The number of nitrogens with zero attached hydrogens (tertiary/aromatic N) is 2. The van der Waals surface area contributed by atoms with Crippen molar-refractivity contribution < 1.29 is 12.8 Å². The standard InChI is InChI=1S/C14H24N2O3S/c1-12-6-7-16(20(17,18)10-8-15(2)3)13(11-12)14-5-4-9-19-14/h4-5,9,12-13H,6-8,10-11H2,1-3H3/t12-,13-/m1/s1. The van der Waals surface area contributed by atoms with Crippen molar-refractivity contribution in [1.29, 1.82) is 0 Å². The highest BCUT2D eigenvalue weighted by molar-refractivity contribution is 7.89. The number of hydrogen-bond donors (Lipinski definition) is 0. The van der Waals surface area contributed by atoms with Crippen LogP contribution in [0.1, 0.15) is 31.6 Å². The molecule has 1 aliphatic heterocycles. The van der Waals surface area contributed by atoms with E-state index in [1.165, 1.54) is 0 Å². The molecule has 6 heteroatoms. The lowest BCUT2D eigenvalue weighted by molar-refractivity contribution is 0.185. The number of piperidine rings is 1. The quantitative estimate of drug-likeness (QED) is 0.834. The second-order valence-corrected chi connectivity index (χ2v) is 7.93. The molecule has 0 unspecified atom stereocenters. The van der Waals surface area contributed by atoms with Crippen LogP contribution in [-0.2, 0) is 10.0 Å². The number of furan rings is 1. The van der Waals surface area contributed by atoms with E-state index < -0.39 is 10.0 Å². The van der Waals surface area contributed by atoms with Crippen LogP contribution in [-0.4, -0.2) is 50.6 Å². The molecule has 2 atom stereocenters. The fraction of sp³-hybridized carbons (Fsp3) is 0.714. The minimum atomic E-state index is -3.25. The van der Waals surface area contributed by atoms with Crippen LogP contribution in [0.3, 0.4) is 0 Å². The van der Waals surface area contributed by atoms with Gasteiger partial charge in [-0.15, -0.1) is 0 Å². The highest BCUT2D eigenvalue weighted by atomic mass is 32.2. The van der Waals surface area contributed by atoms with Crippen molar-refractivity contribution in [2.45, 2.75) is 25.8 Å². The first-order valence-electron chi connectivity index (χ1n) is 7.08. The topological polar surface area (TPSA) is 53.8 Å². The molecule has 20 heavy (non-hydrogen) atoms. The molecule has 0 N–H and O–H groups in total. The van der Waals surface area contributed by atoms with Gasteiger partial charge in [0.1, 0.15) is 5.76 Å². The average Bonchev–Trinajstić information content (AvgIpc) is 2.90. The monoisotopic (exact) mass is 300 g/mol. The van der Waals surface area contributed by atoms with E-state index in [9.17, 15) is 8.42 Å². The van der Waals surface area contributed by atoms with E-state index in [1.807, 2.05) is 31.1 Å². The predicted octanol–water partition coefficient (Wildman–Crippen LogP) is 1.94. The summed E-state index contributed by atoms with van der Waals surface area (Å²) >= 11 is 0. The molecule has 1 aliphatic rings. The van der Waals surface area contributed by atoms with Gasteiger partial charge in [-0.05, 0) is 45.0 Å². The summed E-state index contributed by atoms with van der Waals surface area (Å²) in [7, 11) is 0.528. The fourth-order valence-electron chi connectivity index (χ4n) is 2.61. The Labute approximate surface area is 121 Å². The number of hydrogen-bond acceptors (Lipinski definition) is 4. The highest BCUT2D eigenvalue weighted by Gasteiger charge is 2.36. The Kier molecular flexibility index (Phi) is 4.88. The van der Waals surface area contributed by atoms with Gasteiger partial charge in [0, 0.05) is 13.1 Å². The average molecular weight is 300 g/mol. The summed E-state index contributed by atoms with van der Waals surface area (Å²) in [6.07, 6.45) is 3.35. The normalized spacial score (nSPS) is 25.2. The van der Waals surface area contributed by atoms with Gasteiger partial charge >= 0.3 is 0 Å². The van der Waals surface area contributed by atoms with E-state index >= 15 is 0 Å². The van der Waals surface area contributed by atoms with Gasteiger partial charge in [0.2, 0.25) is 10.0 Å². The molecule has 2 heterocycles. The zero-order valence-electron chi connectivity index (χ0n) is 12.4.